The summed E-state index contributed by atoms with van der Waals surface area (Å²) >= 11 is 0. The number of anilines is 1. The Kier molecular flexibility index (Phi) is 6.81. The smallest absolute Gasteiger partial charge is 0.321 e. The maximum Gasteiger partial charge on any atom is 0.321 e. The lowest BCUT2D eigenvalue weighted by molar-refractivity contribution is 0.150. The number of carbonyl (C=O) groups excluding carboxylic acids is 1. The minimum atomic E-state index is -0.0967. The molecule has 130 valence electrons. The van der Waals surface area contributed by atoms with Crippen LogP contribution in [0.4, 0.5) is 10.5 Å². The monoisotopic (exact) mass is 330 g/mol. The molecule has 0 aliphatic rings. The van der Waals surface area contributed by atoms with Gasteiger partial charge in [-0.25, -0.2) is 4.79 Å². The highest BCUT2D eigenvalue weighted by Gasteiger charge is 2.14. The molecule has 2 amide bonds. The van der Waals surface area contributed by atoms with Crippen LogP contribution >= 0.6 is 0 Å². The van der Waals surface area contributed by atoms with Gasteiger partial charge in [-0.2, -0.15) is 5.10 Å². The maximum atomic E-state index is 12.4. The number of amides is 2. The predicted molar refractivity (Wildman–Crippen MR) is 95.1 cm³/mol. The number of aromatic nitrogens is 2. The first-order valence-corrected chi connectivity index (χ1v) is 8.19. The summed E-state index contributed by atoms with van der Waals surface area (Å²) in [5.41, 5.74) is 1.92. The van der Waals surface area contributed by atoms with Crippen LogP contribution in [0.3, 0.4) is 0 Å². The summed E-state index contributed by atoms with van der Waals surface area (Å²) in [6, 6.07) is 9.64. The third-order valence-electron chi connectivity index (χ3n) is 3.55. The molecule has 0 saturated carbocycles. The fourth-order valence-corrected chi connectivity index (χ4v) is 2.40. The molecule has 0 fully saturated rings. The molecule has 1 N–H and O–H groups in total. The number of hydrogen-bond acceptors (Lipinski definition) is 3. The molecule has 0 aliphatic heterocycles. The van der Waals surface area contributed by atoms with Gasteiger partial charge in [0.1, 0.15) is 0 Å². The number of rotatable bonds is 8. The fraction of sp³-hybridized carbons (Fsp3) is 0.444. The SMILES string of the molecule is COCCN(CC(C)C)C(=O)Nc1ccc(Cn2cccn2)cc1. The number of urea groups is 1. The van der Waals surface area contributed by atoms with Crippen LogP contribution in [-0.2, 0) is 11.3 Å². The second-order valence-corrected chi connectivity index (χ2v) is 6.16. The van der Waals surface area contributed by atoms with Gasteiger partial charge in [-0.1, -0.05) is 26.0 Å². The Morgan fingerprint density at radius 1 is 1.33 bits per heavy atom. The molecule has 24 heavy (non-hydrogen) atoms. The van der Waals surface area contributed by atoms with Crippen LogP contribution in [0.15, 0.2) is 42.7 Å². The van der Waals surface area contributed by atoms with Crippen molar-refractivity contribution in [3.63, 3.8) is 0 Å². The zero-order valence-corrected chi connectivity index (χ0v) is 14.6. The summed E-state index contributed by atoms with van der Waals surface area (Å²) in [5, 5.41) is 7.14. The Morgan fingerprint density at radius 2 is 2.08 bits per heavy atom. The van der Waals surface area contributed by atoms with Crippen LogP contribution in [0.2, 0.25) is 0 Å². The van der Waals surface area contributed by atoms with Crippen LogP contribution in [0.1, 0.15) is 19.4 Å². The van der Waals surface area contributed by atoms with E-state index in [-0.39, 0.29) is 6.03 Å². The second kappa shape index (κ2) is 9.08. The highest BCUT2D eigenvalue weighted by Crippen LogP contribution is 2.12. The van der Waals surface area contributed by atoms with Gasteiger partial charge in [-0.05, 0) is 29.7 Å². The lowest BCUT2D eigenvalue weighted by Crippen LogP contribution is -2.39. The number of nitrogens with one attached hydrogen (secondary N) is 1. The summed E-state index contributed by atoms with van der Waals surface area (Å²) < 4.78 is 6.95. The molecule has 0 aliphatic carbocycles. The molecule has 0 radical (unpaired) electrons. The average Bonchev–Trinajstić information content (AvgIpc) is 3.06. The summed E-state index contributed by atoms with van der Waals surface area (Å²) in [7, 11) is 1.64. The molecule has 6 heteroatoms. The van der Waals surface area contributed by atoms with Gasteiger partial charge in [0.15, 0.2) is 0 Å². The van der Waals surface area contributed by atoms with Gasteiger partial charge in [0.05, 0.1) is 13.2 Å². The van der Waals surface area contributed by atoms with Gasteiger partial charge in [-0.3, -0.25) is 4.68 Å². The highest BCUT2D eigenvalue weighted by atomic mass is 16.5. The summed E-state index contributed by atoms with van der Waals surface area (Å²) in [6.45, 7) is 6.72. The third kappa shape index (κ3) is 5.70. The topological polar surface area (TPSA) is 59.4 Å². The Labute approximate surface area is 143 Å². The summed E-state index contributed by atoms with van der Waals surface area (Å²) in [4.78, 5) is 14.2. The average molecular weight is 330 g/mol. The zero-order valence-electron chi connectivity index (χ0n) is 14.6. The molecule has 0 saturated heterocycles. The Morgan fingerprint density at radius 3 is 2.67 bits per heavy atom. The molecule has 6 nitrogen and oxygen atoms in total. The minimum Gasteiger partial charge on any atom is -0.383 e. The van der Waals surface area contributed by atoms with E-state index in [0.717, 1.165) is 11.3 Å². The van der Waals surface area contributed by atoms with Crippen LogP contribution in [-0.4, -0.2) is 47.5 Å². The molecule has 1 aromatic heterocycles. The Hall–Kier alpha value is -2.34. The van der Waals surface area contributed by atoms with Gasteiger partial charge < -0.3 is 15.0 Å². The molecular formula is C18H26N4O2. The van der Waals surface area contributed by atoms with Crippen molar-refractivity contribution >= 4 is 11.7 Å². The minimum absolute atomic E-state index is 0.0967. The van der Waals surface area contributed by atoms with Crippen molar-refractivity contribution in [2.75, 3.05) is 32.1 Å². The van der Waals surface area contributed by atoms with Gasteiger partial charge in [0, 0.05) is 38.3 Å². The summed E-state index contributed by atoms with van der Waals surface area (Å²) in [6.07, 6.45) is 3.69. The number of ether oxygens (including phenoxy) is 1. The van der Waals surface area contributed by atoms with E-state index in [1.54, 1.807) is 18.2 Å². The highest BCUT2D eigenvalue weighted by molar-refractivity contribution is 5.89. The van der Waals surface area contributed by atoms with Gasteiger partial charge in [0.2, 0.25) is 0 Å². The number of hydrogen-bond donors (Lipinski definition) is 1. The lowest BCUT2D eigenvalue weighted by atomic mass is 10.2. The van der Waals surface area contributed by atoms with E-state index in [0.29, 0.717) is 32.2 Å². The normalized spacial score (nSPS) is 10.8. The first kappa shape index (κ1) is 18.0. The number of benzene rings is 1. The molecule has 2 aromatic rings. The zero-order chi connectivity index (χ0) is 17.4. The number of carbonyl (C=O) groups is 1. The molecular weight excluding hydrogens is 304 g/mol. The Bertz CT molecular complexity index is 608. The van der Waals surface area contributed by atoms with Crippen LogP contribution in [0.25, 0.3) is 0 Å². The van der Waals surface area contributed by atoms with E-state index in [2.05, 4.69) is 24.3 Å². The van der Waals surface area contributed by atoms with E-state index >= 15 is 0 Å². The van der Waals surface area contributed by atoms with E-state index < -0.39 is 0 Å². The molecule has 2 rings (SSSR count). The first-order valence-electron chi connectivity index (χ1n) is 8.19. The van der Waals surface area contributed by atoms with Crippen LogP contribution in [0.5, 0.6) is 0 Å². The van der Waals surface area contributed by atoms with Crippen molar-refractivity contribution in [1.29, 1.82) is 0 Å². The molecule has 1 aromatic carbocycles. The molecule has 0 spiro atoms. The third-order valence-corrected chi connectivity index (χ3v) is 3.55. The van der Waals surface area contributed by atoms with Crippen LogP contribution in [0, 0.1) is 5.92 Å². The van der Waals surface area contributed by atoms with E-state index in [1.807, 2.05) is 41.2 Å². The second-order valence-electron chi connectivity index (χ2n) is 6.16. The van der Waals surface area contributed by atoms with Crippen molar-refractivity contribution in [1.82, 2.24) is 14.7 Å². The number of nitrogens with zero attached hydrogens (tertiary/aromatic N) is 3. The fourth-order valence-electron chi connectivity index (χ4n) is 2.40. The van der Waals surface area contributed by atoms with Gasteiger partial charge in [0.25, 0.3) is 0 Å². The molecule has 1 heterocycles. The van der Waals surface area contributed by atoms with Crippen molar-refractivity contribution in [2.24, 2.45) is 5.92 Å². The summed E-state index contributed by atoms with van der Waals surface area (Å²) in [5.74, 6) is 0.407. The van der Waals surface area contributed by atoms with Gasteiger partial charge >= 0.3 is 6.03 Å². The molecule has 0 bridgehead atoms. The largest absolute Gasteiger partial charge is 0.383 e. The maximum absolute atomic E-state index is 12.4. The van der Waals surface area contributed by atoms with E-state index in [4.69, 9.17) is 4.74 Å². The lowest BCUT2D eigenvalue weighted by Gasteiger charge is -2.24. The Balaban J connectivity index is 1.94. The van der Waals surface area contributed by atoms with Crippen molar-refractivity contribution in [3.8, 4) is 0 Å². The van der Waals surface area contributed by atoms with E-state index in [1.165, 1.54) is 0 Å². The quantitative estimate of drug-likeness (QED) is 0.809. The van der Waals surface area contributed by atoms with Crippen molar-refractivity contribution in [3.05, 3.63) is 48.3 Å². The molecule has 0 unspecified atom stereocenters. The van der Waals surface area contributed by atoms with Crippen LogP contribution < -0.4 is 5.32 Å². The van der Waals surface area contributed by atoms with Crippen molar-refractivity contribution < 1.29 is 9.53 Å². The number of methoxy groups -OCH3 is 1. The standard InChI is InChI=1S/C18H26N4O2/c1-15(2)13-21(11-12-24-3)18(23)20-17-7-5-16(6-8-17)14-22-10-4-9-19-22/h4-10,15H,11-14H2,1-3H3,(H,20,23). The first-order chi connectivity index (χ1) is 11.6. The van der Waals surface area contributed by atoms with Gasteiger partial charge in [-0.15, -0.1) is 0 Å². The van der Waals surface area contributed by atoms with Crippen molar-refractivity contribution in [2.45, 2.75) is 20.4 Å². The predicted octanol–water partition coefficient (Wildman–Crippen LogP) is 3.07. The molecule has 0 atom stereocenters. The van der Waals surface area contributed by atoms with E-state index in [9.17, 15) is 4.79 Å².